The van der Waals surface area contributed by atoms with Crippen LogP contribution in [0, 0.1) is 0 Å². The Kier molecular flexibility index (Phi) is 4.81. The highest BCUT2D eigenvalue weighted by Crippen LogP contribution is 2.31. The van der Waals surface area contributed by atoms with Crippen molar-refractivity contribution in [2.45, 2.75) is 4.90 Å². The van der Waals surface area contributed by atoms with E-state index in [1.165, 1.54) is 12.1 Å². The molecule has 0 aliphatic carbocycles. The van der Waals surface area contributed by atoms with Crippen LogP contribution in [0.4, 0.5) is 5.69 Å². The van der Waals surface area contributed by atoms with Crippen LogP contribution >= 0.6 is 23.2 Å². The average Bonchev–Trinajstić information content (AvgIpc) is 2.58. The van der Waals surface area contributed by atoms with Gasteiger partial charge in [-0.3, -0.25) is 4.72 Å². The van der Waals surface area contributed by atoms with Gasteiger partial charge in [0, 0.05) is 10.6 Å². The van der Waals surface area contributed by atoms with E-state index < -0.39 is 10.0 Å². The van der Waals surface area contributed by atoms with Gasteiger partial charge in [-0.05, 0) is 29.8 Å². The van der Waals surface area contributed by atoms with Gasteiger partial charge in [-0.1, -0.05) is 71.7 Å². The van der Waals surface area contributed by atoms with Crippen molar-refractivity contribution in [2.24, 2.45) is 0 Å². The minimum Gasteiger partial charge on any atom is -0.279 e. The fourth-order valence-electron chi connectivity index (χ4n) is 2.32. The molecule has 0 aliphatic rings. The molecule has 0 amide bonds. The maximum Gasteiger partial charge on any atom is 0.263 e. The van der Waals surface area contributed by atoms with E-state index in [-0.39, 0.29) is 9.92 Å². The lowest BCUT2D eigenvalue weighted by Gasteiger charge is -2.14. The lowest BCUT2D eigenvalue weighted by atomic mass is 10.0. The van der Waals surface area contributed by atoms with Crippen molar-refractivity contribution in [3.63, 3.8) is 0 Å². The summed E-state index contributed by atoms with van der Waals surface area (Å²) in [5.74, 6) is 0. The van der Waals surface area contributed by atoms with E-state index in [0.717, 1.165) is 11.1 Å². The molecule has 0 unspecified atom stereocenters. The van der Waals surface area contributed by atoms with Gasteiger partial charge in [-0.25, -0.2) is 8.42 Å². The zero-order chi connectivity index (χ0) is 17.2. The second-order valence-corrected chi connectivity index (χ2v) is 7.59. The molecule has 3 nitrogen and oxygen atoms in total. The Hall–Kier alpha value is -2.01. The standard InChI is InChI=1S/C18H13Cl2NO2S/c19-14-10-11-16(20)18(12-14)24(22,23)21-17-9-5-4-8-15(17)13-6-2-1-3-7-13/h1-12,21H. The van der Waals surface area contributed by atoms with Crippen molar-refractivity contribution in [1.29, 1.82) is 0 Å². The van der Waals surface area contributed by atoms with Crippen molar-refractivity contribution in [2.75, 3.05) is 4.72 Å². The van der Waals surface area contributed by atoms with Crippen molar-refractivity contribution in [3.05, 3.63) is 82.8 Å². The summed E-state index contributed by atoms with van der Waals surface area (Å²) in [4.78, 5) is -0.0560. The Morgan fingerprint density at radius 1 is 0.792 bits per heavy atom. The first-order valence-electron chi connectivity index (χ1n) is 7.10. The molecule has 3 aromatic rings. The summed E-state index contributed by atoms with van der Waals surface area (Å²) in [5.41, 5.74) is 2.16. The number of benzene rings is 3. The smallest absolute Gasteiger partial charge is 0.263 e. The average molecular weight is 378 g/mol. The number of halogens is 2. The van der Waals surface area contributed by atoms with Crippen LogP contribution in [0.5, 0.6) is 0 Å². The number of sulfonamides is 1. The molecule has 3 aromatic carbocycles. The molecule has 3 rings (SSSR count). The Morgan fingerprint density at radius 2 is 1.46 bits per heavy atom. The van der Waals surface area contributed by atoms with Crippen LogP contribution in [-0.4, -0.2) is 8.42 Å². The summed E-state index contributed by atoms with van der Waals surface area (Å²) in [6.07, 6.45) is 0. The molecule has 1 N–H and O–H groups in total. The van der Waals surface area contributed by atoms with E-state index in [9.17, 15) is 8.42 Å². The van der Waals surface area contributed by atoms with Crippen molar-refractivity contribution in [1.82, 2.24) is 0 Å². The molecular formula is C18H13Cl2NO2S. The third-order valence-electron chi connectivity index (χ3n) is 3.44. The van der Waals surface area contributed by atoms with Gasteiger partial charge in [0.2, 0.25) is 0 Å². The summed E-state index contributed by atoms with van der Waals surface area (Å²) in [6, 6.07) is 21.0. The summed E-state index contributed by atoms with van der Waals surface area (Å²) < 4.78 is 28.0. The minimum absolute atomic E-state index is 0.0560. The van der Waals surface area contributed by atoms with Gasteiger partial charge in [0.05, 0.1) is 10.7 Å². The van der Waals surface area contributed by atoms with Gasteiger partial charge in [0.15, 0.2) is 0 Å². The molecule has 0 spiro atoms. The normalized spacial score (nSPS) is 11.2. The molecule has 0 saturated heterocycles. The van der Waals surface area contributed by atoms with Gasteiger partial charge in [0.25, 0.3) is 10.0 Å². The lowest BCUT2D eigenvalue weighted by Crippen LogP contribution is -2.14. The monoisotopic (exact) mass is 377 g/mol. The van der Waals surface area contributed by atoms with Crippen molar-refractivity contribution < 1.29 is 8.42 Å². The molecule has 0 fully saturated rings. The molecule has 0 bridgehead atoms. The summed E-state index contributed by atoms with van der Waals surface area (Å²) in [7, 11) is -3.86. The highest BCUT2D eigenvalue weighted by Gasteiger charge is 2.20. The summed E-state index contributed by atoms with van der Waals surface area (Å²) >= 11 is 11.9. The quantitative estimate of drug-likeness (QED) is 0.655. The van der Waals surface area contributed by atoms with Gasteiger partial charge in [-0.2, -0.15) is 0 Å². The van der Waals surface area contributed by atoms with Crippen LogP contribution < -0.4 is 4.72 Å². The third-order valence-corrected chi connectivity index (χ3v) is 5.52. The first kappa shape index (κ1) is 16.8. The van der Waals surface area contributed by atoms with Crippen LogP contribution in [0.2, 0.25) is 10.0 Å². The van der Waals surface area contributed by atoms with Crippen molar-refractivity contribution >= 4 is 38.9 Å². The van der Waals surface area contributed by atoms with E-state index in [1.807, 2.05) is 42.5 Å². The third kappa shape index (κ3) is 3.56. The number of hydrogen-bond acceptors (Lipinski definition) is 2. The summed E-state index contributed by atoms with van der Waals surface area (Å²) in [5, 5.41) is 0.417. The van der Waals surface area contributed by atoms with Crippen LogP contribution in [0.25, 0.3) is 11.1 Å². The maximum atomic E-state index is 12.7. The Bertz CT molecular complexity index is 973. The highest BCUT2D eigenvalue weighted by atomic mass is 35.5. The Morgan fingerprint density at radius 3 is 2.21 bits per heavy atom. The van der Waals surface area contributed by atoms with E-state index in [1.54, 1.807) is 18.2 Å². The molecular weight excluding hydrogens is 365 g/mol. The predicted octanol–water partition coefficient (Wildman–Crippen LogP) is 5.46. The van der Waals surface area contributed by atoms with Gasteiger partial charge < -0.3 is 0 Å². The highest BCUT2D eigenvalue weighted by molar-refractivity contribution is 7.92. The molecule has 24 heavy (non-hydrogen) atoms. The number of anilines is 1. The molecule has 0 saturated carbocycles. The van der Waals surface area contributed by atoms with Gasteiger partial charge in [0.1, 0.15) is 4.90 Å². The topological polar surface area (TPSA) is 46.2 Å². The number of rotatable bonds is 4. The van der Waals surface area contributed by atoms with Crippen molar-refractivity contribution in [3.8, 4) is 11.1 Å². The first-order chi connectivity index (χ1) is 11.5. The lowest BCUT2D eigenvalue weighted by molar-refractivity contribution is 0.601. The second kappa shape index (κ2) is 6.85. The molecule has 0 aliphatic heterocycles. The van der Waals surface area contributed by atoms with Crippen LogP contribution in [0.15, 0.2) is 77.7 Å². The van der Waals surface area contributed by atoms with E-state index in [2.05, 4.69) is 4.72 Å². The summed E-state index contributed by atoms with van der Waals surface area (Å²) in [6.45, 7) is 0. The zero-order valence-electron chi connectivity index (χ0n) is 12.4. The Balaban J connectivity index is 2.04. The van der Waals surface area contributed by atoms with E-state index in [4.69, 9.17) is 23.2 Å². The SMILES string of the molecule is O=S(=O)(Nc1ccccc1-c1ccccc1)c1cc(Cl)ccc1Cl. The fraction of sp³-hybridized carbons (Fsp3) is 0. The van der Waals surface area contributed by atoms with Crippen LogP contribution in [-0.2, 0) is 10.0 Å². The molecule has 0 atom stereocenters. The van der Waals surface area contributed by atoms with Crippen LogP contribution in [0.1, 0.15) is 0 Å². The Labute approximate surface area is 150 Å². The second-order valence-electron chi connectivity index (χ2n) is 5.09. The van der Waals surface area contributed by atoms with Gasteiger partial charge >= 0.3 is 0 Å². The minimum atomic E-state index is -3.86. The number of para-hydroxylation sites is 1. The van der Waals surface area contributed by atoms with Crippen LogP contribution in [0.3, 0.4) is 0 Å². The predicted molar refractivity (Wildman–Crippen MR) is 99.1 cm³/mol. The fourth-order valence-corrected chi connectivity index (χ4v) is 4.17. The molecule has 0 radical (unpaired) electrons. The van der Waals surface area contributed by atoms with E-state index >= 15 is 0 Å². The molecule has 0 heterocycles. The van der Waals surface area contributed by atoms with E-state index in [0.29, 0.717) is 10.7 Å². The first-order valence-corrected chi connectivity index (χ1v) is 9.33. The molecule has 122 valence electrons. The number of nitrogens with one attached hydrogen (secondary N) is 1. The largest absolute Gasteiger partial charge is 0.279 e. The maximum absolute atomic E-state index is 12.7. The van der Waals surface area contributed by atoms with Gasteiger partial charge in [-0.15, -0.1) is 0 Å². The number of hydrogen-bond donors (Lipinski definition) is 1. The molecule has 6 heteroatoms. The zero-order valence-corrected chi connectivity index (χ0v) is 14.7. The molecule has 0 aromatic heterocycles.